The van der Waals surface area contributed by atoms with Crippen LogP contribution in [-0.4, -0.2) is 16.1 Å². The highest BCUT2D eigenvalue weighted by Crippen LogP contribution is 2.52. The first-order chi connectivity index (χ1) is 8.79. The van der Waals surface area contributed by atoms with Gasteiger partial charge in [-0.3, -0.25) is 0 Å². The summed E-state index contributed by atoms with van der Waals surface area (Å²) in [7, 11) is 0. The molecule has 3 rings (SSSR count). The molecule has 0 saturated heterocycles. The van der Waals surface area contributed by atoms with Crippen LogP contribution in [0.3, 0.4) is 0 Å². The Bertz CT molecular complexity index is 398. The van der Waals surface area contributed by atoms with Crippen molar-refractivity contribution >= 4 is 5.95 Å². The molecule has 2 fully saturated rings. The topological polar surface area (TPSA) is 29.9 Å². The molecular formula is C15H25N3. The van der Waals surface area contributed by atoms with Gasteiger partial charge in [0.1, 0.15) is 0 Å². The van der Waals surface area contributed by atoms with E-state index in [0.29, 0.717) is 6.04 Å². The van der Waals surface area contributed by atoms with Crippen LogP contribution in [0.1, 0.15) is 52.0 Å². The summed E-state index contributed by atoms with van der Waals surface area (Å²) >= 11 is 0. The van der Waals surface area contributed by atoms with Gasteiger partial charge in [-0.1, -0.05) is 13.3 Å². The smallest absolute Gasteiger partial charge is 0.203 e. The van der Waals surface area contributed by atoms with Gasteiger partial charge in [0, 0.05) is 25.0 Å². The minimum absolute atomic E-state index is 0.599. The van der Waals surface area contributed by atoms with Crippen molar-refractivity contribution in [3.63, 3.8) is 0 Å². The molecule has 3 heteroatoms. The fourth-order valence-electron chi connectivity index (χ4n) is 4.11. The SMILES string of the molecule is CCCNc1nccn1C(C)C1CC2CCC1C2. The second-order valence-corrected chi connectivity index (χ2v) is 6.16. The maximum Gasteiger partial charge on any atom is 0.203 e. The monoisotopic (exact) mass is 247 g/mol. The third kappa shape index (κ3) is 2.04. The van der Waals surface area contributed by atoms with E-state index in [1.807, 2.05) is 6.20 Å². The van der Waals surface area contributed by atoms with Gasteiger partial charge in [0.15, 0.2) is 0 Å². The molecule has 0 radical (unpaired) electrons. The molecule has 2 aliphatic carbocycles. The number of hydrogen-bond donors (Lipinski definition) is 1. The van der Waals surface area contributed by atoms with E-state index in [4.69, 9.17) is 0 Å². The van der Waals surface area contributed by atoms with Crippen molar-refractivity contribution in [1.29, 1.82) is 0 Å². The first kappa shape index (κ1) is 12.1. The molecule has 100 valence electrons. The fourth-order valence-corrected chi connectivity index (χ4v) is 4.11. The number of nitrogens with one attached hydrogen (secondary N) is 1. The first-order valence-corrected chi connectivity index (χ1v) is 7.56. The van der Waals surface area contributed by atoms with Crippen molar-refractivity contribution in [1.82, 2.24) is 9.55 Å². The van der Waals surface area contributed by atoms with E-state index in [9.17, 15) is 0 Å². The fraction of sp³-hybridized carbons (Fsp3) is 0.800. The molecule has 2 bridgehead atoms. The highest BCUT2D eigenvalue weighted by Gasteiger charge is 2.42. The van der Waals surface area contributed by atoms with Gasteiger partial charge in [0.05, 0.1) is 0 Å². The number of hydrogen-bond acceptors (Lipinski definition) is 2. The molecule has 2 saturated carbocycles. The predicted molar refractivity (Wildman–Crippen MR) is 74.7 cm³/mol. The second-order valence-electron chi connectivity index (χ2n) is 6.16. The van der Waals surface area contributed by atoms with Crippen LogP contribution in [0.2, 0.25) is 0 Å². The number of anilines is 1. The van der Waals surface area contributed by atoms with Crippen molar-refractivity contribution in [2.75, 3.05) is 11.9 Å². The summed E-state index contributed by atoms with van der Waals surface area (Å²) in [5.74, 6) is 3.94. The van der Waals surface area contributed by atoms with Crippen molar-refractivity contribution in [3.05, 3.63) is 12.4 Å². The first-order valence-electron chi connectivity index (χ1n) is 7.56. The van der Waals surface area contributed by atoms with E-state index >= 15 is 0 Å². The summed E-state index contributed by atoms with van der Waals surface area (Å²) in [6, 6.07) is 0.599. The highest BCUT2D eigenvalue weighted by atomic mass is 15.2. The molecule has 18 heavy (non-hydrogen) atoms. The maximum atomic E-state index is 4.46. The zero-order valence-corrected chi connectivity index (χ0v) is 11.6. The third-order valence-corrected chi connectivity index (χ3v) is 5.05. The minimum atomic E-state index is 0.599. The van der Waals surface area contributed by atoms with Gasteiger partial charge in [-0.15, -0.1) is 0 Å². The van der Waals surface area contributed by atoms with Crippen LogP contribution in [0.5, 0.6) is 0 Å². The van der Waals surface area contributed by atoms with Crippen molar-refractivity contribution in [2.24, 2.45) is 17.8 Å². The quantitative estimate of drug-likeness (QED) is 0.859. The summed E-state index contributed by atoms with van der Waals surface area (Å²) in [5.41, 5.74) is 0. The highest BCUT2D eigenvalue weighted by molar-refractivity contribution is 5.26. The van der Waals surface area contributed by atoms with Crippen LogP contribution in [0.4, 0.5) is 5.95 Å². The van der Waals surface area contributed by atoms with E-state index < -0.39 is 0 Å². The number of rotatable bonds is 5. The Hall–Kier alpha value is -0.990. The molecule has 0 aromatic carbocycles. The Balaban J connectivity index is 1.72. The molecule has 1 N–H and O–H groups in total. The Morgan fingerprint density at radius 1 is 1.44 bits per heavy atom. The van der Waals surface area contributed by atoms with Crippen molar-refractivity contribution in [2.45, 2.75) is 52.0 Å². The van der Waals surface area contributed by atoms with E-state index in [-0.39, 0.29) is 0 Å². The standard InChI is InChI=1S/C15H25N3/c1-3-6-16-15-17-7-8-18(15)11(2)14-10-12-4-5-13(14)9-12/h7-8,11-14H,3-6,9-10H2,1-2H3,(H,16,17). The molecular weight excluding hydrogens is 222 g/mol. The lowest BCUT2D eigenvalue weighted by molar-refractivity contribution is 0.244. The molecule has 0 spiro atoms. The van der Waals surface area contributed by atoms with Gasteiger partial charge >= 0.3 is 0 Å². The lowest BCUT2D eigenvalue weighted by Crippen LogP contribution is -2.23. The molecule has 0 amide bonds. The van der Waals surface area contributed by atoms with Gasteiger partial charge in [0.25, 0.3) is 0 Å². The van der Waals surface area contributed by atoms with Crippen LogP contribution < -0.4 is 5.32 Å². The molecule has 1 heterocycles. The largest absolute Gasteiger partial charge is 0.356 e. The van der Waals surface area contributed by atoms with E-state index in [0.717, 1.165) is 36.7 Å². The maximum absolute atomic E-state index is 4.46. The third-order valence-electron chi connectivity index (χ3n) is 5.05. The van der Waals surface area contributed by atoms with Crippen LogP contribution in [0.25, 0.3) is 0 Å². The summed E-state index contributed by atoms with van der Waals surface area (Å²) in [6.45, 7) is 5.59. The van der Waals surface area contributed by atoms with Crippen molar-refractivity contribution < 1.29 is 0 Å². The average Bonchev–Trinajstić information content (AvgIpc) is 3.10. The molecule has 1 aromatic heterocycles. The van der Waals surface area contributed by atoms with Crippen LogP contribution >= 0.6 is 0 Å². The van der Waals surface area contributed by atoms with Crippen LogP contribution in [-0.2, 0) is 0 Å². The lowest BCUT2D eigenvalue weighted by Gasteiger charge is -2.29. The van der Waals surface area contributed by atoms with Gasteiger partial charge in [-0.25, -0.2) is 4.98 Å². The Labute approximate surface area is 110 Å². The van der Waals surface area contributed by atoms with E-state index in [2.05, 4.69) is 34.9 Å². The van der Waals surface area contributed by atoms with Crippen LogP contribution in [0, 0.1) is 17.8 Å². The summed E-state index contributed by atoms with van der Waals surface area (Å²) in [4.78, 5) is 4.46. The van der Waals surface area contributed by atoms with Gasteiger partial charge in [-0.2, -0.15) is 0 Å². The van der Waals surface area contributed by atoms with Crippen molar-refractivity contribution in [3.8, 4) is 0 Å². The summed E-state index contributed by atoms with van der Waals surface area (Å²) < 4.78 is 2.36. The molecule has 3 nitrogen and oxygen atoms in total. The van der Waals surface area contributed by atoms with E-state index in [1.165, 1.54) is 25.7 Å². The van der Waals surface area contributed by atoms with Gasteiger partial charge in [-0.05, 0) is 50.4 Å². The average molecular weight is 247 g/mol. The Morgan fingerprint density at radius 2 is 2.33 bits per heavy atom. The van der Waals surface area contributed by atoms with Gasteiger partial charge in [0.2, 0.25) is 5.95 Å². The normalized spacial score (nSPS) is 31.8. The Kier molecular flexibility index (Phi) is 3.31. The molecule has 0 aliphatic heterocycles. The lowest BCUT2D eigenvalue weighted by atomic mass is 9.84. The minimum Gasteiger partial charge on any atom is -0.356 e. The molecule has 4 unspecified atom stereocenters. The molecule has 1 aromatic rings. The summed E-state index contributed by atoms with van der Waals surface area (Å²) in [6.07, 6.45) is 11.1. The van der Waals surface area contributed by atoms with E-state index in [1.54, 1.807) is 0 Å². The Morgan fingerprint density at radius 3 is 3.00 bits per heavy atom. The second kappa shape index (κ2) is 4.94. The zero-order valence-electron chi connectivity index (χ0n) is 11.6. The van der Waals surface area contributed by atoms with Crippen LogP contribution in [0.15, 0.2) is 12.4 Å². The number of nitrogens with zero attached hydrogens (tertiary/aromatic N) is 2. The predicted octanol–water partition coefficient (Wildman–Crippen LogP) is 3.70. The molecule has 2 aliphatic rings. The number of imidazole rings is 1. The summed E-state index contributed by atoms with van der Waals surface area (Å²) in [5, 5.41) is 3.44. The number of fused-ring (bicyclic) bond motifs is 2. The molecule has 4 atom stereocenters. The van der Waals surface area contributed by atoms with Gasteiger partial charge < -0.3 is 9.88 Å². The zero-order chi connectivity index (χ0) is 12.5. The number of aromatic nitrogens is 2.